The number of hydrogen-bond donors (Lipinski definition) is 0. The average Bonchev–Trinajstić information content (AvgIpc) is 3.36. The maximum absolute atomic E-state index is 12.7. The minimum Gasteiger partial charge on any atom is -0.352 e. The number of sulfonamides is 1. The third-order valence-corrected chi connectivity index (χ3v) is 7.91. The second-order valence-electron chi connectivity index (χ2n) is 6.35. The average molecular weight is 364 g/mol. The standard InChI is InChI=1S/C16H20N4O2S2/c1-12-2-7-16(23-12)24(21,22)20-10-8-19(9-11-20)15-6-5-14(17-18-15)13-3-4-13/h2,5-7,13H,3-4,8-11H2,1H3. The first kappa shape index (κ1) is 16.0. The molecule has 2 fully saturated rings. The van der Waals surface area contributed by atoms with Crippen LogP contribution in [0.15, 0.2) is 28.5 Å². The molecule has 0 radical (unpaired) electrons. The number of thiophene rings is 1. The van der Waals surface area contributed by atoms with Crippen molar-refractivity contribution in [3.05, 3.63) is 34.8 Å². The maximum Gasteiger partial charge on any atom is 0.252 e. The molecule has 0 aromatic carbocycles. The number of anilines is 1. The first-order valence-corrected chi connectivity index (χ1v) is 10.4. The lowest BCUT2D eigenvalue weighted by Crippen LogP contribution is -2.48. The van der Waals surface area contributed by atoms with Gasteiger partial charge in [-0.15, -0.1) is 16.4 Å². The quantitative estimate of drug-likeness (QED) is 0.832. The lowest BCUT2D eigenvalue weighted by molar-refractivity contribution is 0.384. The second-order valence-corrected chi connectivity index (χ2v) is 9.80. The zero-order valence-electron chi connectivity index (χ0n) is 13.6. The lowest BCUT2D eigenvalue weighted by atomic mass is 10.2. The Balaban J connectivity index is 1.42. The second kappa shape index (κ2) is 6.09. The Morgan fingerprint density at radius 1 is 1.04 bits per heavy atom. The van der Waals surface area contributed by atoms with E-state index in [4.69, 9.17) is 0 Å². The van der Waals surface area contributed by atoms with Crippen LogP contribution in [0.1, 0.15) is 29.3 Å². The molecule has 0 unspecified atom stereocenters. The van der Waals surface area contributed by atoms with E-state index in [0.29, 0.717) is 36.3 Å². The third-order valence-electron chi connectivity index (χ3n) is 4.54. The van der Waals surface area contributed by atoms with Crippen LogP contribution >= 0.6 is 11.3 Å². The summed E-state index contributed by atoms with van der Waals surface area (Å²) in [5.41, 5.74) is 1.08. The summed E-state index contributed by atoms with van der Waals surface area (Å²) in [5, 5.41) is 8.63. The molecule has 24 heavy (non-hydrogen) atoms. The SMILES string of the molecule is Cc1ccc(S(=O)(=O)N2CCN(c3ccc(C4CC4)nn3)CC2)s1. The molecule has 2 aromatic rings. The van der Waals surface area contributed by atoms with Gasteiger partial charge in [0, 0.05) is 37.0 Å². The highest BCUT2D eigenvalue weighted by molar-refractivity contribution is 7.91. The highest BCUT2D eigenvalue weighted by atomic mass is 32.2. The van der Waals surface area contributed by atoms with Gasteiger partial charge in [-0.25, -0.2) is 8.42 Å². The van der Waals surface area contributed by atoms with Gasteiger partial charge >= 0.3 is 0 Å². The summed E-state index contributed by atoms with van der Waals surface area (Å²) in [6.07, 6.45) is 2.43. The molecule has 3 heterocycles. The van der Waals surface area contributed by atoms with Gasteiger partial charge in [0.1, 0.15) is 4.21 Å². The van der Waals surface area contributed by atoms with Crippen LogP contribution in [0, 0.1) is 6.92 Å². The fourth-order valence-corrected chi connectivity index (χ4v) is 5.80. The highest BCUT2D eigenvalue weighted by Crippen LogP contribution is 2.38. The molecule has 2 aliphatic rings. The van der Waals surface area contributed by atoms with Crippen LogP contribution in [0.4, 0.5) is 5.82 Å². The first-order chi connectivity index (χ1) is 11.5. The maximum atomic E-state index is 12.7. The number of aromatic nitrogens is 2. The van der Waals surface area contributed by atoms with E-state index >= 15 is 0 Å². The molecule has 4 rings (SSSR count). The minimum atomic E-state index is -3.37. The summed E-state index contributed by atoms with van der Waals surface area (Å²) in [5.74, 6) is 1.44. The molecule has 0 bridgehead atoms. The largest absolute Gasteiger partial charge is 0.352 e. The Morgan fingerprint density at radius 3 is 2.33 bits per heavy atom. The van der Waals surface area contributed by atoms with Crippen molar-refractivity contribution in [1.82, 2.24) is 14.5 Å². The molecule has 1 aliphatic heterocycles. The molecule has 8 heteroatoms. The van der Waals surface area contributed by atoms with Crippen molar-refractivity contribution >= 4 is 27.2 Å². The van der Waals surface area contributed by atoms with Gasteiger partial charge in [-0.3, -0.25) is 0 Å². The van der Waals surface area contributed by atoms with Gasteiger partial charge in [-0.05, 0) is 44.0 Å². The summed E-state index contributed by atoms with van der Waals surface area (Å²) in [6, 6.07) is 7.61. The van der Waals surface area contributed by atoms with Crippen molar-refractivity contribution in [3.63, 3.8) is 0 Å². The Kier molecular flexibility index (Phi) is 4.06. The van der Waals surface area contributed by atoms with E-state index < -0.39 is 10.0 Å². The van der Waals surface area contributed by atoms with Gasteiger partial charge in [-0.2, -0.15) is 9.40 Å². The summed E-state index contributed by atoms with van der Waals surface area (Å²) in [7, 11) is -3.37. The predicted octanol–water partition coefficient (Wildman–Crippen LogP) is 2.23. The molecule has 1 saturated carbocycles. The highest BCUT2D eigenvalue weighted by Gasteiger charge is 2.30. The molecule has 0 amide bonds. The van der Waals surface area contributed by atoms with Crippen LogP contribution in [-0.4, -0.2) is 49.1 Å². The van der Waals surface area contributed by atoms with Crippen LogP contribution in [0.3, 0.4) is 0 Å². The van der Waals surface area contributed by atoms with Crippen molar-refractivity contribution in [2.75, 3.05) is 31.1 Å². The van der Waals surface area contributed by atoms with Gasteiger partial charge in [-0.1, -0.05) is 0 Å². The molecule has 1 saturated heterocycles. The zero-order valence-corrected chi connectivity index (χ0v) is 15.2. The summed E-state index contributed by atoms with van der Waals surface area (Å²) >= 11 is 1.33. The fraction of sp³-hybridized carbons (Fsp3) is 0.500. The van der Waals surface area contributed by atoms with Crippen LogP contribution in [0.5, 0.6) is 0 Å². The topological polar surface area (TPSA) is 66.4 Å². The van der Waals surface area contributed by atoms with E-state index in [1.807, 2.05) is 19.1 Å². The van der Waals surface area contributed by atoms with Gasteiger partial charge < -0.3 is 4.90 Å². The smallest absolute Gasteiger partial charge is 0.252 e. The van der Waals surface area contributed by atoms with Crippen molar-refractivity contribution in [2.24, 2.45) is 0 Å². The Hall–Kier alpha value is -1.51. The normalized spacial score (nSPS) is 19.6. The van der Waals surface area contributed by atoms with Crippen molar-refractivity contribution in [3.8, 4) is 0 Å². The Labute approximate surface area is 146 Å². The summed E-state index contributed by atoms with van der Waals surface area (Å²) < 4.78 is 27.3. The summed E-state index contributed by atoms with van der Waals surface area (Å²) in [4.78, 5) is 3.12. The predicted molar refractivity (Wildman–Crippen MR) is 94.0 cm³/mol. The number of rotatable bonds is 4. The molecular weight excluding hydrogens is 344 g/mol. The molecule has 1 aliphatic carbocycles. The fourth-order valence-electron chi connectivity index (χ4n) is 2.94. The number of hydrogen-bond acceptors (Lipinski definition) is 6. The molecule has 0 N–H and O–H groups in total. The van der Waals surface area contributed by atoms with E-state index in [9.17, 15) is 8.42 Å². The molecule has 0 spiro atoms. The monoisotopic (exact) mass is 364 g/mol. The number of piperazine rings is 1. The Bertz CT molecular complexity index is 820. The van der Waals surface area contributed by atoms with Crippen molar-refractivity contribution < 1.29 is 8.42 Å². The van der Waals surface area contributed by atoms with Crippen LogP contribution in [-0.2, 0) is 10.0 Å². The van der Waals surface area contributed by atoms with Crippen LogP contribution in [0.25, 0.3) is 0 Å². The molecule has 0 atom stereocenters. The van der Waals surface area contributed by atoms with E-state index in [0.717, 1.165) is 16.4 Å². The number of nitrogens with zero attached hydrogens (tertiary/aromatic N) is 4. The van der Waals surface area contributed by atoms with Crippen LogP contribution < -0.4 is 4.90 Å². The van der Waals surface area contributed by atoms with E-state index in [-0.39, 0.29) is 0 Å². The first-order valence-electron chi connectivity index (χ1n) is 8.19. The molecule has 128 valence electrons. The molecular formula is C16H20N4O2S2. The molecule has 6 nitrogen and oxygen atoms in total. The molecule has 2 aromatic heterocycles. The van der Waals surface area contributed by atoms with E-state index in [1.54, 1.807) is 10.4 Å². The third kappa shape index (κ3) is 3.05. The number of aryl methyl sites for hydroxylation is 1. The van der Waals surface area contributed by atoms with Crippen molar-refractivity contribution in [1.29, 1.82) is 0 Å². The van der Waals surface area contributed by atoms with Gasteiger partial charge in [0.2, 0.25) is 0 Å². The van der Waals surface area contributed by atoms with Gasteiger partial charge in [0.25, 0.3) is 10.0 Å². The van der Waals surface area contributed by atoms with Crippen LogP contribution in [0.2, 0.25) is 0 Å². The zero-order chi connectivity index (χ0) is 16.7. The van der Waals surface area contributed by atoms with Crippen molar-refractivity contribution in [2.45, 2.75) is 29.9 Å². The summed E-state index contributed by atoms with van der Waals surface area (Å²) in [6.45, 7) is 4.16. The minimum absolute atomic E-state index is 0.432. The Morgan fingerprint density at radius 2 is 1.79 bits per heavy atom. The van der Waals surface area contributed by atoms with Gasteiger partial charge in [0.05, 0.1) is 5.69 Å². The lowest BCUT2D eigenvalue weighted by Gasteiger charge is -2.34. The van der Waals surface area contributed by atoms with E-state index in [2.05, 4.69) is 21.2 Å². The van der Waals surface area contributed by atoms with E-state index in [1.165, 1.54) is 24.2 Å². The van der Waals surface area contributed by atoms with Gasteiger partial charge in [0.15, 0.2) is 5.82 Å².